The van der Waals surface area contributed by atoms with Gasteiger partial charge in [0, 0.05) is 11.1 Å². The van der Waals surface area contributed by atoms with Crippen LogP contribution < -0.4 is 10.6 Å². The maximum Gasteiger partial charge on any atom is 0.250 e. The van der Waals surface area contributed by atoms with Crippen molar-refractivity contribution in [2.75, 3.05) is 5.32 Å². The van der Waals surface area contributed by atoms with Gasteiger partial charge in [-0.15, -0.1) is 0 Å². The summed E-state index contributed by atoms with van der Waals surface area (Å²) in [6, 6.07) is 12.3. The fraction of sp³-hybridized carbons (Fsp3) is 0. The summed E-state index contributed by atoms with van der Waals surface area (Å²) in [5.74, 6) is -0.388. The second kappa shape index (κ2) is 8.31. The van der Waals surface area contributed by atoms with Crippen molar-refractivity contribution in [3.63, 3.8) is 0 Å². The number of nitrogens with one attached hydrogen (secondary N) is 2. The van der Waals surface area contributed by atoms with Crippen molar-refractivity contribution in [1.29, 1.82) is 0 Å². The first-order chi connectivity index (χ1) is 11.0. The van der Waals surface area contributed by atoms with E-state index in [1.54, 1.807) is 36.4 Å². The third-order valence-electron chi connectivity index (χ3n) is 2.76. The van der Waals surface area contributed by atoms with Crippen LogP contribution in [-0.4, -0.2) is 11.0 Å². The molecule has 0 aliphatic carbocycles. The van der Waals surface area contributed by atoms with Crippen LogP contribution in [0.3, 0.4) is 0 Å². The molecule has 0 unspecified atom stereocenters. The minimum Gasteiger partial charge on any atom is -0.331 e. The summed E-state index contributed by atoms with van der Waals surface area (Å²) in [7, 11) is 0. The third-order valence-corrected chi connectivity index (χ3v) is 4.12. The highest BCUT2D eigenvalue weighted by atomic mass is 35.5. The number of halogens is 3. The van der Waals surface area contributed by atoms with Crippen LogP contribution in [0, 0.1) is 0 Å². The van der Waals surface area contributed by atoms with Crippen molar-refractivity contribution in [1.82, 2.24) is 5.32 Å². The van der Waals surface area contributed by atoms with Gasteiger partial charge in [0.2, 0.25) is 5.91 Å². The lowest BCUT2D eigenvalue weighted by molar-refractivity contribution is -0.115. The van der Waals surface area contributed by atoms with Crippen LogP contribution in [0.2, 0.25) is 15.1 Å². The predicted octanol–water partition coefficient (Wildman–Crippen LogP) is 5.17. The molecule has 2 aromatic carbocycles. The zero-order chi connectivity index (χ0) is 16.8. The van der Waals surface area contributed by atoms with Crippen LogP contribution in [0.25, 0.3) is 6.08 Å². The van der Waals surface area contributed by atoms with Gasteiger partial charge in [0.25, 0.3) is 0 Å². The van der Waals surface area contributed by atoms with E-state index in [0.717, 1.165) is 5.56 Å². The van der Waals surface area contributed by atoms with E-state index in [4.69, 9.17) is 47.0 Å². The lowest BCUT2D eigenvalue weighted by Gasteiger charge is -2.10. The Morgan fingerprint density at radius 2 is 1.70 bits per heavy atom. The zero-order valence-corrected chi connectivity index (χ0v) is 14.7. The van der Waals surface area contributed by atoms with Gasteiger partial charge >= 0.3 is 0 Å². The molecule has 0 fully saturated rings. The van der Waals surface area contributed by atoms with E-state index in [-0.39, 0.29) is 11.0 Å². The lowest BCUT2D eigenvalue weighted by Crippen LogP contribution is -2.32. The van der Waals surface area contributed by atoms with Gasteiger partial charge in [-0.05, 0) is 42.1 Å². The molecular weight excluding hydrogens is 375 g/mol. The average molecular weight is 386 g/mol. The smallest absolute Gasteiger partial charge is 0.250 e. The molecule has 2 rings (SSSR count). The SMILES string of the molecule is O=C(/C=C\c1ccccc1Cl)NC(=S)Nc1cccc(Cl)c1Cl. The van der Waals surface area contributed by atoms with E-state index >= 15 is 0 Å². The molecular formula is C16H11Cl3N2OS. The minimum absolute atomic E-state index is 0.114. The standard InChI is InChI=1S/C16H11Cl3N2OS/c17-11-5-2-1-4-10(11)8-9-14(22)21-16(23)20-13-7-3-6-12(18)15(13)19/h1-9H,(H2,20,21,22,23)/b9-8-. The summed E-state index contributed by atoms with van der Waals surface area (Å²) in [5.41, 5.74) is 1.25. The molecule has 3 nitrogen and oxygen atoms in total. The van der Waals surface area contributed by atoms with Gasteiger partial charge in [0.15, 0.2) is 5.11 Å². The number of amides is 1. The number of carbonyl (C=O) groups excluding carboxylic acids is 1. The number of hydrogen-bond donors (Lipinski definition) is 2. The lowest BCUT2D eigenvalue weighted by atomic mass is 10.2. The highest BCUT2D eigenvalue weighted by molar-refractivity contribution is 7.80. The quantitative estimate of drug-likeness (QED) is 0.565. The average Bonchev–Trinajstić information content (AvgIpc) is 2.51. The van der Waals surface area contributed by atoms with Crippen LogP contribution in [-0.2, 0) is 4.79 Å². The molecule has 0 radical (unpaired) electrons. The van der Waals surface area contributed by atoms with Crippen LogP contribution >= 0.6 is 47.0 Å². The maximum absolute atomic E-state index is 11.9. The van der Waals surface area contributed by atoms with Crippen LogP contribution in [0.1, 0.15) is 5.56 Å². The van der Waals surface area contributed by atoms with Gasteiger partial charge in [-0.2, -0.15) is 0 Å². The molecule has 0 saturated heterocycles. The Morgan fingerprint density at radius 1 is 1.00 bits per heavy atom. The van der Waals surface area contributed by atoms with E-state index in [9.17, 15) is 4.79 Å². The molecule has 0 bridgehead atoms. The number of thiocarbonyl (C=S) groups is 1. The van der Waals surface area contributed by atoms with Crippen LogP contribution in [0.5, 0.6) is 0 Å². The van der Waals surface area contributed by atoms with Crippen molar-refractivity contribution < 1.29 is 4.79 Å². The first kappa shape index (κ1) is 17.8. The largest absolute Gasteiger partial charge is 0.331 e. The van der Waals surface area contributed by atoms with Gasteiger partial charge in [-0.3, -0.25) is 10.1 Å². The molecule has 23 heavy (non-hydrogen) atoms. The van der Waals surface area contributed by atoms with Crippen LogP contribution in [0.15, 0.2) is 48.5 Å². The molecule has 0 aromatic heterocycles. The number of carbonyl (C=O) groups is 1. The van der Waals surface area contributed by atoms with Crippen LogP contribution in [0.4, 0.5) is 5.69 Å². The molecule has 0 aliphatic heterocycles. The van der Waals surface area contributed by atoms with Crippen molar-refractivity contribution in [3.05, 3.63) is 69.2 Å². The first-order valence-electron chi connectivity index (χ1n) is 6.46. The fourth-order valence-electron chi connectivity index (χ4n) is 1.68. The van der Waals surface area contributed by atoms with Gasteiger partial charge in [0.05, 0.1) is 15.7 Å². The summed E-state index contributed by atoms with van der Waals surface area (Å²) in [5, 5.41) is 6.73. The van der Waals surface area contributed by atoms with Gasteiger partial charge < -0.3 is 5.32 Å². The Kier molecular flexibility index (Phi) is 6.42. The Labute approximate surface area is 154 Å². The maximum atomic E-state index is 11.9. The molecule has 0 heterocycles. The molecule has 118 valence electrons. The highest BCUT2D eigenvalue weighted by Crippen LogP contribution is 2.29. The van der Waals surface area contributed by atoms with E-state index in [0.29, 0.717) is 20.8 Å². The summed E-state index contributed by atoms with van der Waals surface area (Å²) < 4.78 is 0. The minimum atomic E-state index is -0.388. The van der Waals surface area contributed by atoms with E-state index in [1.807, 2.05) is 12.1 Å². The number of hydrogen-bond acceptors (Lipinski definition) is 2. The Morgan fingerprint density at radius 3 is 2.43 bits per heavy atom. The number of rotatable bonds is 3. The van der Waals surface area contributed by atoms with Crippen molar-refractivity contribution >= 4 is 69.8 Å². The second-order valence-electron chi connectivity index (χ2n) is 4.40. The Bertz CT molecular complexity index is 778. The molecule has 7 heteroatoms. The summed E-state index contributed by atoms with van der Waals surface area (Å²) >= 11 is 23.0. The molecule has 0 atom stereocenters. The fourth-order valence-corrected chi connectivity index (χ4v) is 2.44. The summed E-state index contributed by atoms with van der Waals surface area (Å²) in [4.78, 5) is 11.9. The highest BCUT2D eigenvalue weighted by Gasteiger charge is 2.07. The summed E-state index contributed by atoms with van der Waals surface area (Å²) in [6.45, 7) is 0. The summed E-state index contributed by atoms with van der Waals surface area (Å²) in [6.07, 6.45) is 2.95. The van der Waals surface area contributed by atoms with Crippen molar-refractivity contribution in [2.24, 2.45) is 0 Å². The normalized spacial score (nSPS) is 10.6. The van der Waals surface area contributed by atoms with Gasteiger partial charge in [-0.25, -0.2) is 0 Å². The molecule has 0 spiro atoms. The Hall–Kier alpha value is -1.59. The third kappa shape index (κ3) is 5.22. The number of benzene rings is 2. The molecule has 0 saturated carbocycles. The van der Waals surface area contributed by atoms with Crippen molar-refractivity contribution in [3.8, 4) is 0 Å². The van der Waals surface area contributed by atoms with Gasteiger partial charge in [0.1, 0.15) is 0 Å². The molecule has 2 aromatic rings. The monoisotopic (exact) mass is 384 g/mol. The number of anilines is 1. The topological polar surface area (TPSA) is 41.1 Å². The Balaban J connectivity index is 1.96. The molecule has 1 amide bonds. The first-order valence-corrected chi connectivity index (χ1v) is 8.00. The molecule has 0 aliphatic rings. The predicted molar refractivity (Wildman–Crippen MR) is 101 cm³/mol. The van der Waals surface area contributed by atoms with Gasteiger partial charge in [-0.1, -0.05) is 59.1 Å². The van der Waals surface area contributed by atoms with Crippen molar-refractivity contribution in [2.45, 2.75) is 0 Å². The second-order valence-corrected chi connectivity index (χ2v) is 6.00. The van der Waals surface area contributed by atoms with E-state index in [2.05, 4.69) is 10.6 Å². The zero-order valence-electron chi connectivity index (χ0n) is 11.6. The van der Waals surface area contributed by atoms with E-state index in [1.165, 1.54) is 6.08 Å². The molecule has 2 N–H and O–H groups in total. The van der Waals surface area contributed by atoms with E-state index < -0.39 is 0 Å².